The average Bonchev–Trinajstić information content (AvgIpc) is 3.84. The van der Waals surface area contributed by atoms with Crippen LogP contribution in [-0.2, 0) is 4.79 Å². The normalized spacial score (nSPS) is 21.7. The Kier molecular flexibility index (Phi) is 8.59. The first kappa shape index (κ1) is 35.2. The van der Waals surface area contributed by atoms with Crippen molar-refractivity contribution >= 4 is 33.4 Å². The van der Waals surface area contributed by atoms with Crippen molar-refractivity contribution in [3.8, 4) is 35.4 Å². The second-order valence-electron chi connectivity index (χ2n) is 14.8. The second-order valence-corrected chi connectivity index (χ2v) is 14.8. The summed E-state index contributed by atoms with van der Waals surface area (Å²) in [5.41, 5.74) is -0.537. The van der Waals surface area contributed by atoms with E-state index in [1.807, 2.05) is 0 Å². The van der Waals surface area contributed by atoms with Gasteiger partial charge in [-0.1, -0.05) is 12.0 Å². The van der Waals surface area contributed by atoms with Crippen molar-refractivity contribution in [2.75, 3.05) is 44.2 Å². The number of fused-ring (bicyclic) bond motifs is 4. The zero-order valence-electron chi connectivity index (χ0n) is 28.8. The molecule has 1 saturated carbocycles. The van der Waals surface area contributed by atoms with E-state index in [0.29, 0.717) is 50.7 Å². The number of piperazine rings is 1. The van der Waals surface area contributed by atoms with Crippen LogP contribution in [0.15, 0.2) is 24.3 Å². The number of ether oxygens (including phenoxy) is 1. The summed E-state index contributed by atoms with van der Waals surface area (Å²) in [6.07, 6.45) is 3.22. The highest BCUT2D eigenvalue weighted by Gasteiger charge is 2.52. The van der Waals surface area contributed by atoms with E-state index in [1.165, 1.54) is 18.2 Å². The minimum atomic E-state index is -5.02. The molecule has 9 nitrogen and oxygen atoms in total. The molecule has 278 valence electrons. The number of anilines is 1. The predicted octanol–water partition coefficient (Wildman–Crippen LogP) is 6.45. The fraction of sp³-hybridized carbons (Fsp3) is 0.474. The average molecular weight is 739 g/mol. The van der Waals surface area contributed by atoms with Gasteiger partial charge in [0.1, 0.15) is 34.8 Å². The molecule has 53 heavy (non-hydrogen) atoms. The quantitative estimate of drug-likeness (QED) is 0.171. The fourth-order valence-corrected chi connectivity index (χ4v) is 8.36. The van der Waals surface area contributed by atoms with Crippen LogP contribution in [0, 0.1) is 36.3 Å². The summed E-state index contributed by atoms with van der Waals surface area (Å²) in [6.45, 7) is 3.78. The molecular weight excluding hydrogens is 702 g/mol. The molecule has 2 aromatic heterocycles. The highest BCUT2D eigenvalue weighted by atomic mass is 19.4. The maximum Gasteiger partial charge on any atom is 0.471 e. The predicted molar refractivity (Wildman–Crippen MR) is 184 cm³/mol. The molecule has 0 spiro atoms. The Morgan fingerprint density at radius 3 is 2.38 bits per heavy atom. The third-order valence-electron chi connectivity index (χ3n) is 11.2. The van der Waals surface area contributed by atoms with Gasteiger partial charge in [-0.2, -0.15) is 23.1 Å². The highest BCUT2D eigenvalue weighted by Crippen LogP contribution is 2.47. The summed E-state index contributed by atoms with van der Waals surface area (Å²) in [7, 11) is 0. The van der Waals surface area contributed by atoms with Crippen LogP contribution in [0.4, 0.5) is 32.2 Å². The van der Waals surface area contributed by atoms with Crippen molar-refractivity contribution < 1.29 is 41.0 Å². The van der Waals surface area contributed by atoms with Crippen LogP contribution < -0.4 is 9.64 Å². The van der Waals surface area contributed by atoms with Gasteiger partial charge in [0, 0.05) is 49.1 Å². The zero-order valence-corrected chi connectivity index (χ0v) is 28.8. The number of hydrogen-bond donors (Lipinski definition) is 1. The number of amides is 1. The van der Waals surface area contributed by atoms with E-state index in [1.54, 1.807) is 11.8 Å². The number of rotatable bonds is 7. The van der Waals surface area contributed by atoms with Gasteiger partial charge >= 0.3 is 18.1 Å². The number of terminal acetylenes is 1. The number of pyridine rings is 1. The summed E-state index contributed by atoms with van der Waals surface area (Å²) >= 11 is 0. The topological polar surface area (TPSA) is 94.9 Å². The lowest BCUT2D eigenvalue weighted by atomic mass is 9.95. The van der Waals surface area contributed by atoms with Crippen molar-refractivity contribution in [2.45, 2.75) is 69.9 Å². The van der Waals surface area contributed by atoms with E-state index < -0.39 is 42.0 Å². The van der Waals surface area contributed by atoms with Crippen LogP contribution in [-0.4, -0.2) is 99.5 Å². The number of alkyl halides is 4. The molecule has 15 heteroatoms. The maximum absolute atomic E-state index is 17.1. The van der Waals surface area contributed by atoms with Gasteiger partial charge in [0.15, 0.2) is 5.82 Å². The Labute approximate surface area is 300 Å². The number of carbonyl (C=O) groups is 1. The van der Waals surface area contributed by atoms with Gasteiger partial charge in [-0.25, -0.2) is 18.2 Å². The second kappa shape index (κ2) is 12.9. The number of phenols is 1. The van der Waals surface area contributed by atoms with Crippen LogP contribution in [0.25, 0.3) is 32.9 Å². The SMILES string of the molecule is C#Cc1c(F)ccc2cc(O)cc(-c3nc(C)c4c(N5CC6CCC(C5)N6C(=O)C(F)(F)F)nc(OCC5(CN6CCC(F)CC6)CC5)nc4c3F)c12. The first-order valence-corrected chi connectivity index (χ1v) is 17.7. The molecule has 5 heterocycles. The monoisotopic (exact) mass is 738 g/mol. The third-order valence-corrected chi connectivity index (χ3v) is 11.2. The molecule has 2 unspecified atom stereocenters. The summed E-state index contributed by atoms with van der Waals surface area (Å²) in [6, 6.07) is 3.52. The van der Waals surface area contributed by atoms with Gasteiger partial charge in [0.2, 0.25) is 0 Å². The molecule has 2 aromatic carbocycles. The molecule has 2 bridgehead atoms. The number of phenolic OH excluding ortho intramolecular Hbond substituents is 1. The first-order valence-electron chi connectivity index (χ1n) is 17.7. The van der Waals surface area contributed by atoms with Crippen LogP contribution in [0.5, 0.6) is 11.8 Å². The van der Waals surface area contributed by atoms with Gasteiger partial charge < -0.3 is 24.5 Å². The van der Waals surface area contributed by atoms with Crippen LogP contribution >= 0.6 is 0 Å². The smallest absolute Gasteiger partial charge is 0.471 e. The van der Waals surface area contributed by atoms with Crippen molar-refractivity contribution in [1.29, 1.82) is 0 Å². The van der Waals surface area contributed by atoms with Crippen molar-refractivity contribution in [1.82, 2.24) is 24.8 Å². The van der Waals surface area contributed by atoms with Gasteiger partial charge in [0.25, 0.3) is 0 Å². The van der Waals surface area contributed by atoms with Crippen LogP contribution in [0.3, 0.4) is 0 Å². The minimum Gasteiger partial charge on any atom is -0.508 e. The molecule has 8 rings (SSSR count). The lowest BCUT2D eigenvalue weighted by molar-refractivity contribution is -0.188. The van der Waals surface area contributed by atoms with Crippen molar-refractivity contribution in [3.63, 3.8) is 0 Å². The number of halogens is 6. The lowest BCUT2D eigenvalue weighted by Crippen LogP contribution is -2.59. The molecule has 4 fully saturated rings. The number of piperidine rings is 1. The lowest BCUT2D eigenvalue weighted by Gasteiger charge is -2.42. The summed E-state index contributed by atoms with van der Waals surface area (Å²) in [5, 5.41) is 11.3. The Hall–Kier alpha value is -4.84. The Morgan fingerprint density at radius 2 is 1.74 bits per heavy atom. The summed E-state index contributed by atoms with van der Waals surface area (Å²) in [5.74, 6) is -1.25. The first-order chi connectivity index (χ1) is 25.2. The molecule has 4 aromatic rings. The molecule has 4 aliphatic rings. The minimum absolute atomic E-state index is 0.00312. The molecule has 3 aliphatic heterocycles. The van der Waals surface area contributed by atoms with Gasteiger partial charge in [-0.05, 0) is 69.0 Å². The largest absolute Gasteiger partial charge is 0.508 e. The number of benzene rings is 2. The summed E-state index contributed by atoms with van der Waals surface area (Å²) in [4.78, 5) is 31.1. The molecule has 1 aliphatic carbocycles. The van der Waals surface area contributed by atoms with Gasteiger partial charge in [-0.15, -0.1) is 6.42 Å². The van der Waals surface area contributed by atoms with E-state index in [9.17, 15) is 31.9 Å². The fourth-order valence-electron chi connectivity index (χ4n) is 8.36. The maximum atomic E-state index is 17.1. The van der Waals surface area contributed by atoms with E-state index in [0.717, 1.165) is 23.8 Å². The molecule has 2 atom stereocenters. The van der Waals surface area contributed by atoms with E-state index in [-0.39, 0.29) is 81.5 Å². The molecule has 3 saturated heterocycles. The number of aromatic hydroxyl groups is 1. The van der Waals surface area contributed by atoms with Gasteiger partial charge in [-0.3, -0.25) is 4.79 Å². The molecule has 0 radical (unpaired) electrons. The van der Waals surface area contributed by atoms with E-state index >= 15 is 4.39 Å². The van der Waals surface area contributed by atoms with Gasteiger partial charge in [0.05, 0.1) is 35.3 Å². The zero-order chi connectivity index (χ0) is 37.4. The summed E-state index contributed by atoms with van der Waals surface area (Å²) < 4.78 is 92.7. The Morgan fingerprint density at radius 1 is 1.04 bits per heavy atom. The third kappa shape index (κ3) is 6.34. The molecular formula is C38H36F6N6O3. The van der Waals surface area contributed by atoms with Crippen LogP contribution in [0.2, 0.25) is 0 Å². The number of carbonyl (C=O) groups excluding carboxylic acids is 1. The standard InChI is InChI=1S/C38H36F6N6O3/c1-3-26-28(40)7-4-21-14-25(51)15-27(30(21)26)32-31(41)33-29(20(2)45-32)34(49-16-23-5-6-24(17-49)50(23)35(52)38(42,43)44)47-36(46-33)53-19-37(10-11-37)18-48-12-8-22(39)9-13-48/h1,4,7,14-15,22-24,51H,5-6,8-13,16-19H2,2H3. The van der Waals surface area contributed by atoms with E-state index in [2.05, 4.69) is 20.8 Å². The molecule has 1 N–H and O–H groups in total. The number of likely N-dealkylation sites (tertiary alicyclic amines) is 1. The number of hydrogen-bond acceptors (Lipinski definition) is 8. The van der Waals surface area contributed by atoms with E-state index in [4.69, 9.17) is 16.1 Å². The Balaban J connectivity index is 1.22. The van der Waals surface area contributed by atoms with Crippen molar-refractivity contribution in [2.24, 2.45) is 5.41 Å². The molecule has 1 amide bonds. The van der Waals surface area contributed by atoms with Crippen molar-refractivity contribution in [3.05, 3.63) is 47.2 Å². The van der Waals surface area contributed by atoms with Crippen LogP contribution in [0.1, 0.15) is 49.8 Å². The highest BCUT2D eigenvalue weighted by molar-refractivity contribution is 6.03. The number of nitrogens with zero attached hydrogens (tertiary/aromatic N) is 6. The number of aryl methyl sites for hydroxylation is 1. The number of aromatic nitrogens is 3. The Bertz CT molecular complexity index is 2160.